The highest BCUT2D eigenvalue weighted by Gasteiger charge is 2.29. The molecule has 1 aromatic carbocycles. The highest BCUT2D eigenvalue weighted by molar-refractivity contribution is 5.45. The van der Waals surface area contributed by atoms with Gasteiger partial charge in [-0.25, -0.2) is 0 Å². The summed E-state index contributed by atoms with van der Waals surface area (Å²) >= 11 is 0. The van der Waals surface area contributed by atoms with Crippen LogP contribution in [0.25, 0.3) is 0 Å². The van der Waals surface area contributed by atoms with Crippen LogP contribution in [0.2, 0.25) is 0 Å². The number of halogens is 3. The van der Waals surface area contributed by atoms with Crippen LogP contribution in [0.3, 0.4) is 0 Å². The van der Waals surface area contributed by atoms with E-state index in [4.69, 9.17) is 4.74 Å². The van der Waals surface area contributed by atoms with Crippen LogP contribution in [-0.2, 0) is 10.9 Å². The summed E-state index contributed by atoms with van der Waals surface area (Å²) in [6.45, 7) is 3.29. The van der Waals surface area contributed by atoms with Gasteiger partial charge in [0.1, 0.15) is 0 Å². The van der Waals surface area contributed by atoms with Gasteiger partial charge in [0.15, 0.2) is 0 Å². The summed E-state index contributed by atoms with van der Waals surface area (Å²) in [5.74, 6) is 0.308. The molecule has 1 rings (SSSR count). The largest absolute Gasteiger partial charge is 0.416 e. The Hall–Kier alpha value is -1.23. The highest BCUT2D eigenvalue weighted by Crippen LogP contribution is 2.29. The predicted octanol–water partition coefficient (Wildman–Crippen LogP) is 3.40. The van der Waals surface area contributed by atoms with E-state index in [1.54, 1.807) is 7.11 Å². The van der Waals surface area contributed by atoms with Crippen molar-refractivity contribution in [3.05, 3.63) is 29.8 Å². The molecular formula is C12H16F3NO. The number of alkyl halides is 3. The monoisotopic (exact) mass is 247 g/mol. The number of benzene rings is 1. The molecule has 1 unspecified atom stereocenters. The molecule has 5 heteroatoms. The minimum atomic E-state index is -4.28. The lowest BCUT2D eigenvalue weighted by molar-refractivity contribution is -0.137. The zero-order chi connectivity index (χ0) is 12.9. The molecule has 0 fully saturated rings. The van der Waals surface area contributed by atoms with Gasteiger partial charge in [0, 0.05) is 19.3 Å². The Morgan fingerprint density at radius 2 is 1.82 bits per heavy atom. The molecule has 0 aromatic heterocycles. The van der Waals surface area contributed by atoms with Crippen molar-refractivity contribution < 1.29 is 17.9 Å². The molecule has 0 bridgehead atoms. The predicted molar refractivity (Wildman–Crippen MR) is 61.0 cm³/mol. The Morgan fingerprint density at radius 3 is 2.29 bits per heavy atom. The van der Waals surface area contributed by atoms with Gasteiger partial charge in [-0.3, -0.25) is 0 Å². The lowest BCUT2D eigenvalue weighted by Gasteiger charge is -2.13. The van der Waals surface area contributed by atoms with E-state index in [2.05, 4.69) is 5.32 Å². The van der Waals surface area contributed by atoms with Crippen LogP contribution in [0, 0.1) is 5.92 Å². The molecule has 0 saturated carbocycles. The average molecular weight is 247 g/mol. The fraction of sp³-hybridized carbons (Fsp3) is 0.500. The lowest BCUT2D eigenvalue weighted by atomic mass is 10.1. The molecule has 0 saturated heterocycles. The Balaban J connectivity index is 2.51. The quantitative estimate of drug-likeness (QED) is 0.861. The highest BCUT2D eigenvalue weighted by atomic mass is 19.4. The van der Waals surface area contributed by atoms with E-state index in [1.165, 1.54) is 12.1 Å². The zero-order valence-corrected chi connectivity index (χ0v) is 9.84. The van der Waals surface area contributed by atoms with Crippen molar-refractivity contribution in [1.29, 1.82) is 0 Å². The number of methoxy groups -OCH3 is 1. The van der Waals surface area contributed by atoms with Crippen LogP contribution in [0.15, 0.2) is 24.3 Å². The van der Waals surface area contributed by atoms with Crippen molar-refractivity contribution in [3.8, 4) is 0 Å². The maximum Gasteiger partial charge on any atom is 0.416 e. The van der Waals surface area contributed by atoms with E-state index in [0.29, 0.717) is 24.8 Å². The van der Waals surface area contributed by atoms with Crippen molar-refractivity contribution in [1.82, 2.24) is 0 Å². The Labute approximate surface area is 98.8 Å². The molecule has 0 aliphatic rings. The van der Waals surface area contributed by atoms with Crippen LogP contribution < -0.4 is 5.32 Å². The van der Waals surface area contributed by atoms with Gasteiger partial charge in [0.25, 0.3) is 0 Å². The average Bonchev–Trinajstić information content (AvgIpc) is 2.26. The summed E-state index contributed by atoms with van der Waals surface area (Å²) in [4.78, 5) is 0. The lowest BCUT2D eigenvalue weighted by Crippen LogP contribution is -2.15. The molecule has 17 heavy (non-hydrogen) atoms. The smallest absolute Gasteiger partial charge is 0.385 e. The second kappa shape index (κ2) is 5.91. The molecule has 0 amide bonds. The fourth-order valence-corrected chi connectivity index (χ4v) is 1.41. The summed E-state index contributed by atoms with van der Waals surface area (Å²) in [5.41, 5.74) is 0.0499. The molecule has 1 atom stereocenters. The van der Waals surface area contributed by atoms with Gasteiger partial charge in [-0.05, 0) is 30.2 Å². The standard InChI is InChI=1S/C12H16F3NO/c1-9(8-17-2)7-16-11-5-3-10(4-6-11)12(13,14)15/h3-6,9,16H,7-8H2,1-2H3. The van der Waals surface area contributed by atoms with Gasteiger partial charge in [-0.15, -0.1) is 0 Å². The molecule has 96 valence electrons. The minimum absolute atomic E-state index is 0.308. The van der Waals surface area contributed by atoms with Crippen molar-refractivity contribution in [2.75, 3.05) is 25.6 Å². The summed E-state index contributed by atoms with van der Waals surface area (Å²) in [7, 11) is 1.62. The maximum absolute atomic E-state index is 12.3. The van der Waals surface area contributed by atoms with Crippen molar-refractivity contribution in [3.63, 3.8) is 0 Å². The van der Waals surface area contributed by atoms with Crippen molar-refractivity contribution in [2.24, 2.45) is 5.92 Å². The molecule has 0 heterocycles. The summed E-state index contributed by atoms with van der Waals surface area (Å²) in [6.07, 6.45) is -4.28. The molecule has 0 radical (unpaired) electrons. The normalized spacial score (nSPS) is 13.5. The SMILES string of the molecule is COCC(C)CNc1ccc(C(F)(F)F)cc1. The number of anilines is 1. The topological polar surface area (TPSA) is 21.3 Å². The zero-order valence-electron chi connectivity index (χ0n) is 9.84. The Morgan fingerprint density at radius 1 is 1.24 bits per heavy atom. The van der Waals surface area contributed by atoms with Crippen molar-refractivity contribution in [2.45, 2.75) is 13.1 Å². The second-order valence-electron chi connectivity index (χ2n) is 4.02. The Kier molecular flexibility index (Phi) is 4.81. The minimum Gasteiger partial charge on any atom is -0.385 e. The first-order chi connectivity index (χ1) is 7.93. The molecule has 0 spiro atoms. The number of nitrogens with one attached hydrogen (secondary N) is 1. The van der Waals surface area contributed by atoms with Crippen LogP contribution >= 0.6 is 0 Å². The van der Waals surface area contributed by atoms with E-state index in [-0.39, 0.29) is 0 Å². The number of rotatable bonds is 5. The van der Waals surface area contributed by atoms with E-state index in [9.17, 15) is 13.2 Å². The van der Waals surface area contributed by atoms with Crippen LogP contribution in [-0.4, -0.2) is 20.3 Å². The van der Waals surface area contributed by atoms with Crippen molar-refractivity contribution >= 4 is 5.69 Å². The third-order valence-electron chi connectivity index (χ3n) is 2.32. The van der Waals surface area contributed by atoms with E-state index < -0.39 is 11.7 Å². The number of hydrogen-bond acceptors (Lipinski definition) is 2. The first-order valence-electron chi connectivity index (χ1n) is 5.33. The van der Waals surface area contributed by atoms with Gasteiger partial charge in [-0.1, -0.05) is 6.92 Å². The number of hydrogen-bond donors (Lipinski definition) is 1. The molecule has 1 N–H and O–H groups in total. The molecule has 0 aliphatic heterocycles. The Bertz CT molecular complexity index is 335. The van der Waals surface area contributed by atoms with Gasteiger partial charge in [-0.2, -0.15) is 13.2 Å². The molecule has 2 nitrogen and oxygen atoms in total. The maximum atomic E-state index is 12.3. The van der Waals surface area contributed by atoms with Gasteiger partial charge in [0.2, 0.25) is 0 Å². The van der Waals surface area contributed by atoms with Gasteiger partial charge >= 0.3 is 6.18 Å². The van der Waals surface area contributed by atoms with Gasteiger partial charge < -0.3 is 10.1 Å². The van der Waals surface area contributed by atoms with E-state index in [1.807, 2.05) is 6.92 Å². The van der Waals surface area contributed by atoms with Gasteiger partial charge in [0.05, 0.1) is 12.2 Å². The molecular weight excluding hydrogens is 231 g/mol. The third kappa shape index (κ3) is 4.65. The van der Waals surface area contributed by atoms with Crippen LogP contribution in [0.4, 0.5) is 18.9 Å². The third-order valence-corrected chi connectivity index (χ3v) is 2.32. The summed E-state index contributed by atoms with van der Waals surface area (Å²) in [6, 6.07) is 5.01. The fourth-order valence-electron chi connectivity index (χ4n) is 1.41. The molecule has 0 aliphatic carbocycles. The van der Waals surface area contributed by atoms with Crippen LogP contribution in [0.1, 0.15) is 12.5 Å². The summed E-state index contributed by atoms with van der Waals surface area (Å²) < 4.78 is 41.9. The molecule has 1 aromatic rings. The first kappa shape index (κ1) is 13.8. The van der Waals surface area contributed by atoms with E-state index in [0.717, 1.165) is 12.1 Å². The second-order valence-corrected chi connectivity index (χ2v) is 4.02. The first-order valence-corrected chi connectivity index (χ1v) is 5.33. The van der Waals surface area contributed by atoms with E-state index >= 15 is 0 Å². The summed E-state index contributed by atoms with van der Waals surface area (Å²) in [5, 5.41) is 3.06. The number of ether oxygens (including phenoxy) is 1. The van der Waals surface area contributed by atoms with Crippen LogP contribution in [0.5, 0.6) is 0 Å².